The fraction of sp³-hybridized carbons (Fsp3) is 0.0667. The largest absolute Gasteiger partial charge is 0.497 e. The number of aromatic nitrogens is 1. The maximum absolute atomic E-state index is 11.8. The van der Waals surface area contributed by atoms with Gasteiger partial charge in [0.25, 0.3) is 0 Å². The van der Waals surface area contributed by atoms with Gasteiger partial charge in [-0.05, 0) is 51.8 Å². The highest BCUT2D eigenvalue weighted by Crippen LogP contribution is 2.18. The van der Waals surface area contributed by atoms with E-state index in [0.29, 0.717) is 5.82 Å². The molecule has 0 unspecified atom stereocenters. The molecule has 0 bridgehead atoms. The van der Waals surface area contributed by atoms with E-state index in [0.717, 1.165) is 15.8 Å². The standard InChI is InChI=1S/C15H13BrN2O2/c1-20-12-7-4-11(5-8-12)6-9-14(19)18-15-13(16)3-2-10-17-15/h2-10H,1H3,(H,17,18,19). The summed E-state index contributed by atoms with van der Waals surface area (Å²) >= 11 is 3.32. The summed E-state index contributed by atoms with van der Waals surface area (Å²) in [5.41, 5.74) is 0.918. The highest BCUT2D eigenvalue weighted by atomic mass is 79.9. The number of methoxy groups -OCH3 is 1. The van der Waals surface area contributed by atoms with Crippen molar-refractivity contribution in [3.05, 3.63) is 58.7 Å². The van der Waals surface area contributed by atoms with Crippen molar-refractivity contribution < 1.29 is 9.53 Å². The number of hydrogen-bond donors (Lipinski definition) is 1. The molecular formula is C15H13BrN2O2. The zero-order valence-electron chi connectivity index (χ0n) is 10.8. The summed E-state index contributed by atoms with van der Waals surface area (Å²) in [6.45, 7) is 0. The fourth-order valence-corrected chi connectivity index (χ4v) is 1.88. The number of anilines is 1. The molecule has 0 spiro atoms. The van der Waals surface area contributed by atoms with Crippen LogP contribution in [0.25, 0.3) is 6.08 Å². The van der Waals surface area contributed by atoms with E-state index in [1.807, 2.05) is 30.3 Å². The molecule has 0 aliphatic heterocycles. The van der Waals surface area contributed by atoms with Gasteiger partial charge in [-0.3, -0.25) is 4.79 Å². The Morgan fingerprint density at radius 1 is 1.30 bits per heavy atom. The van der Waals surface area contributed by atoms with E-state index < -0.39 is 0 Å². The van der Waals surface area contributed by atoms with Gasteiger partial charge in [0.1, 0.15) is 11.6 Å². The number of carbonyl (C=O) groups excluding carboxylic acids is 1. The molecule has 4 nitrogen and oxygen atoms in total. The number of ether oxygens (including phenoxy) is 1. The number of hydrogen-bond acceptors (Lipinski definition) is 3. The van der Waals surface area contributed by atoms with Gasteiger partial charge >= 0.3 is 0 Å². The molecule has 102 valence electrons. The van der Waals surface area contributed by atoms with Crippen molar-refractivity contribution in [2.45, 2.75) is 0 Å². The molecule has 0 saturated heterocycles. The van der Waals surface area contributed by atoms with Crippen LogP contribution in [-0.4, -0.2) is 18.0 Å². The summed E-state index contributed by atoms with van der Waals surface area (Å²) in [7, 11) is 1.61. The Hall–Kier alpha value is -2.14. The Bertz CT molecular complexity index is 624. The number of rotatable bonds is 4. The average Bonchev–Trinajstić information content (AvgIpc) is 2.48. The van der Waals surface area contributed by atoms with Crippen LogP contribution in [0.2, 0.25) is 0 Å². The first-order valence-corrected chi connectivity index (χ1v) is 6.72. The molecule has 1 N–H and O–H groups in total. The molecule has 20 heavy (non-hydrogen) atoms. The van der Waals surface area contributed by atoms with E-state index in [1.165, 1.54) is 6.08 Å². The third-order valence-corrected chi connectivity index (χ3v) is 3.18. The van der Waals surface area contributed by atoms with Gasteiger partial charge < -0.3 is 10.1 Å². The SMILES string of the molecule is COc1ccc(C=CC(=O)Nc2ncccc2Br)cc1. The lowest BCUT2D eigenvalue weighted by atomic mass is 10.2. The van der Waals surface area contributed by atoms with E-state index in [4.69, 9.17) is 4.74 Å². The third kappa shape index (κ3) is 3.93. The smallest absolute Gasteiger partial charge is 0.249 e. The lowest BCUT2D eigenvalue weighted by Gasteiger charge is -2.03. The van der Waals surface area contributed by atoms with Gasteiger partial charge in [0, 0.05) is 12.3 Å². The predicted octanol–water partition coefficient (Wildman–Crippen LogP) is 3.50. The monoisotopic (exact) mass is 332 g/mol. The first-order valence-electron chi connectivity index (χ1n) is 5.92. The second-order valence-electron chi connectivity index (χ2n) is 3.93. The predicted molar refractivity (Wildman–Crippen MR) is 82.6 cm³/mol. The van der Waals surface area contributed by atoms with Gasteiger partial charge in [-0.15, -0.1) is 0 Å². The summed E-state index contributed by atoms with van der Waals surface area (Å²) in [5.74, 6) is 1.04. The zero-order valence-corrected chi connectivity index (χ0v) is 12.4. The van der Waals surface area contributed by atoms with E-state index in [9.17, 15) is 4.79 Å². The summed E-state index contributed by atoms with van der Waals surface area (Å²) in [6, 6.07) is 11.0. The minimum Gasteiger partial charge on any atom is -0.497 e. The third-order valence-electron chi connectivity index (χ3n) is 2.54. The maximum Gasteiger partial charge on any atom is 0.249 e. The van der Waals surface area contributed by atoms with Crippen LogP contribution in [0.3, 0.4) is 0 Å². The van der Waals surface area contributed by atoms with Crippen LogP contribution in [-0.2, 0) is 4.79 Å². The number of halogens is 1. The summed E-state index contributed by atoms with van der Waals surface area (Å²) in [6.07, 6.45) is 4.81. The van der Waals surface area contributed by atoms with Gasteiger partial charge in [-0.2, -0.15) is 0 Å². The second kappa shape index (κ2) is 6.86. The molecule has 2 aromatic rings. The lowest BCUT2D eigenvalue weighted by molar-refractivity contribution is -0.111. The van der Waals surface area contributed by atoms with Crippen LogP contribution in [0, 0.1) is 0 Å². The van der Waals surface area contributed by atoms with Crippen molar-refractivity contribution in [3.8, 4) is 5.75 Å². The van der Waals surface area contributed by atoms with Gasteiger partial charge in [0.2, 0.25) is 5.91 Å². The van der Waals surface area contributed by atoms with Crippen LogP contribution >= 0.6 is 15.9 Å². The van der Waals surface area contributed by atoms with Crippen molar-refractivity contribution in [3.63, 3.8) is 0 Å². The number of benzene rings is 1. The molecule has 1 aromatic carbocycles. The minimum absolute atomic E-state index is 0.236. The van der Waals surface area contributed by atoms with Gasteiger partial charge in [0.05, 0.1) is 11.6 Å². The van der Waals surface area contributed by atoms with Crippen molar-refractivity contribution in [1.29, 1.82) is 0 Å². The van der Waals surface area contributed by atoms with E-state index in [-0.39, 0.29) is 5.91 Å². The molecule has 0 aliphatic rings. The van der Waals surface area contributed by atoms with Gasteiger partial charge in [-0.25, -0.2) is 4.98 Å². The molecule has 5 heteroatoms. The molecule has 1 aromatic heterocycles. The van der Waals surface area contributed by atoms with Crippen LogP contribution in [0.15, 0.2) is 53.1 Å². The van der Waals surface area contributed by atoms with Crippen molar-refractivity contribution in [2.75, 3.05) is 12.4 Å². The summed E-state index contributed by atoms with van der Waals surface area (Å²) < 4.78 is 5.81. The Morgan fingerprint density at radius 3 is 2.70 bits per heavy atom. The molecule has 0 atom stereocenters. The van der Waals surface area contributed by atoms with Crippen LogP contribution < -0.4 is 10.1 Å². The Balaban J connectivity index is 2.00. The zero-order chi connectivity index (χ0) is 14.4. The van der Waals surface area contributed by atoms with E-state index in [2.05, 4.69) is 26.2 Å². The number of nitrogens with one attached hydrogen (secondary N) is 1. The molecular weight excluding hydrogens is 320 g/mol. The first-order chi connectivity index (χ1) is 9.69. The molecule has 0 fully saturated rings. The first kappa shape index (κ1) is 14.3. The van der Waals surface area contributed by atoms with Crippen molar-refractivity contribution in [2.24, 2.45) is 0 Å². The van der Waals surface area contributed by atoms with Crippen LogP contribution in [0.1, 0.15) is 5.56 Å². The molecule has 0 radical (unpaired) electrons. The molecule has 0 aliphatic carbocycles. The second-order valence-corrected chi connectivity index (χ2v) is 4.78. The van der Waals surface area contributed by atoms with E-state index >= 15 is 0 Å². The molecule has 2 rings (SSSR count). The van der Waals surface area contributed by atoms with Crippen molar-refractivity contribution in [1.82, 2.24) is 4.98 Å². The highest BCUT2D eigenvalue weighted by molar-refractivity contribution is 9.10. The molecule has 1 heterocycles. The van der Waals surface area contributed by atoms with Crippen LogP contribution in [0.5, 0.6) is 5.75 Å². The number of carbonyl (C=O) groups is 1. The molecule has 1 amide bonds. The maximum atomic E-state index is 11.8. The fourth-order valence-electron chi connectivity index (χ4n) is 1.52. The lowest BCUT2D eigenvalue weighted by Crippen LogP contribution is -2.09. The number of pyridine rings is 1. The topological polar surface area (TPSA) is 51.2 Å². The van der Waals surface area contributed by atoms with Gasteiger partial charge in [-0.1, -0.05) is 12.1 Å². The van der Waals surface area contributed by atoms with Crippen LogP contribution in [0.4, 0.5) is 5.82 Å². The summed E-state index contributed by atoms with van der Waals surface area (Å²) in [5, 5.41) is 2.69. The Kier molecular flexibility index (Phi) is 4.90. The highest BCUT2D eigenvalue weighted by Gasteiger charge is 2.02. The minimum atomic E-state index is -0.236. The van der Waals surface area contributed by atoms with Gasteiger partial charge in [0.15, 0.2) is 0 Å². The number of amides is 1. The molecule has 0 saturated carbocycles. The van der Waals surface area contributed by atoms with E-state index in [1.54, 1.807) is 25.4 Å². The Labute approximate surface area is 125 Å². The quantitative estimate of drug-likeness (QED) is 0.871. The number of nitrogens with zero attached hydrogens (tertiary/aromatic N) is 1. The average molecular weight is 333 g/mol. The van der Waals surface area contributed by atoms with Crippen molar-refractivity contribution >= 4 is 33.7 Å². The summed E-state index contributed by atoms with van der Waals surface area (Å²) in [4.78, 5) is 15.8. The Morgan fingerprint density at radius 2 is 2.05 bits per heavy atom. The normalized spacial score (nSPS) is 10.5.